The minimum absolute atomic E-state index is 0.863. The van der Waals surface area contributed by atoms with E-state index in [4.69, 9.17) is 0 Å². The van der Waals surface area contributed by atoms with Gasteiger partial charge >= 0.3 is 0 Å². The summed E-state index contributed by atoms with van der Waals surface area (Å²) in [7, 11) is 0. The van der Waals surface area contributed by atoms with Gasteiger partial charge in [0.05, 0.1) is 0 Å². The first-order valence-electron chi connectivity index (χ1n) is 5.70. The lowest BCUT2D eigenvalue weighted by Gasteiger charge is -2.21. The first kappa shape index (κ1) is 7.28. The summed E-state index contributed by atoms with van der Waals surface area (Å²) < 4.78 is 0. The lowest BCUT2D eigenvalue weighted by atomic mass is 9.83. The van der Waals surface area contributed by atoms with Crippen LogP contribution >= 0.6 is 0 Å². The summed E-state index contributed by atoms with van der Waals surface area (Å²) in [6.45, 7) is 0. The molecule has 1 aromatic rings. The van der Waals surface area contributed by atoms with E-state index < -0.39 is 0 Å². The van der Waals surface area contributed by atoms with Crippen molar-refractivity contribution in [3.8, 4) is 0 Å². The number of hydrogen-bond donors (Lipinski definition) is 0. The topological polar surface area (TPSA) is 0 Å². The van der Waals surface area contributed by atoms with Crippen LogP contribution < -0.4 is 0 Å². The molecule has 0 heteroatoms. The quantitative estimate of drug-likeness (QED) is 0.540. The Morgan fingerprint density at radius 1 is 1.00 bits per heavy atom. The van der Waals surface area contributed by atoms with Gasteiger partial charge in [-0.1, -0.05) is 35.9 Å². The van der Waals surface area contributed by atoms with Crippen molar-refractivity contribution in [3.05, 3.63) is 47.0 Å². The van der Waals surface area contributed by atoms with Crippen LogP contribution in [0.1, 0.15) is 29.9 Å². The molecule has 0 aromatic heterocycles. The average Bonchev–Trinajstić information content (AvgIpc) is 2.92. The van der Waals surface area contributed by atoms with Gasteiger partial charge in [-0.3, -0.25) is 0 Å². The van der Waals surface area contributed by atoms with Crippen LogP contribution in [0.4, 0.5) is 0 Å². The molecule has 0 amide bonds. The summed E-state index contributed by atoms with van der Waals surface area (Å²) in [5, 5.41) is 0. The molecule has 0 aliphatic heterocycles. The second-order valence-electron chi connectivity index (χ2n) is 5.00. The Labute approximate surface area is 84.6 Å². The molecule has 14 heavy (non-hydrogen) atoms. The molecule has 0 radical (unpaired) electrons. The van der Waals surface area contributed by atoms with E-state index in [1.54, 1.807) is 16.7 Å². The van der Waals surface area contributed by atoms with Crippen molar-refractivity contribution in [2.24, 2.45) is 11.8 Å². The molecule has 0 N–H and O–H groups in total. The summed E-state index contributed by atoms with van der Waals surface area (Å²) in [6.07, 6.45) is 6.58. The maximum atomic E-state index is 2.51. The van der Waals surface area contributed by atoms with Crippen LogP contribution in [0.3, 0.4) is 0 Å². The summed E-state index contributed by atoms with van der Waals surface area (Å²) in [5.74, 6) is 2.80. The second kappa shape index (κ2) is 2.31. The Morgan fingerprint density at radius 2 is 1.93 bits per heavy atom. The van der Waals surface area contributed by atoms with Crippen LogP contribution in [0.5, 0.6) is 0 Å². The number of hydrogen-bond acceptors (Lipinski definition) is 0. The Kier molecular flexibility index (Phi) is 1.20. The molecule has 1 fully saturated rings. The highest BCUT2D eigenvalue weighted by atomic mass is 14.5. The summed E-state index contributed by atoms with van der Waals surface area (Å²) in [4.78, 5) is 0. The summed E-state index contributed by atoms with van der Waals surface area (Å²) >= 11 is 0. The van der Waals surface area contributed by atoms with Crippen molar-refractivity contribution in [1.82, 2.24) is 0 Å². The van der Waals surface area contributed by atoms with Crippen LogP contribution in [0.15, 0.2) is 35.9 Å². The minimum atomic E-state index is 0.863. The van der Waals surface area contributed by atoms with E-state index in [1.165, 1.54) is 19.3 Å². The molecule has 3 atom stereocenters. The fourth-order valence-electron chi connectivity index (χ4n) is 3.57. The molecular weight excluding hydrogens is 168 g/mol. The van der Waals surface area contributed by atoms with E-state index >= 15 is 0 Å². The van der Waals surface area contributed by atoms with Gasteiger partial charge in [-0.15, -0.1) is 0 Å². The third kappa shape index (κ3) is 0.796. The Balaban J connectivity index is 1.83. The second-order valence-corrected chi connectivity index (χ2v) is 5.00. The lowest BCUT2D eigenvalue weighted by molar-refractivity contribution is 0.405. The van der Waals surface area contributed by atoms with Crippen molar-refractivity contribution in [3.63, 3.8) is 0 Å². The maximum absolute atomic E-state index is 2.51. The van der Waals surface area contributed by atoms with Crippen molar-refractivity contribution in [1.29, 1.82) is 0 Å². The molecule has 0 nitrogen and oxygen atoms in total. The third-order valence-electron chi connectivity index (χ3n) is 4.35. The molecule has 1 saturated carbocycles. The minimum Gasteiger partial charge on any atom is -0.0844 e. The van der Waals surface area contributed by atoms with Crippen molar-refractivity contribution in [2.45, 2.75) is 25.2 Å². The summed E-state index contributed by atoms with van der Waals surface area (Å²) in [5.41, 5.74) is 5.04. The number of fused-ring (bicyclic) bond motifs is 5. The Bertz CT molecular complexity index is 427. The maximum Gasteiger partial charge on any atom is -0.00872 e. The zero-order chi connectivity index (χ0) is 9.12. The third-order valence-corrected chi connectivity index (χ3v) is 4.35. The van der Waals surface area contributed by atoms with Crippen molar-refractivity contribution < 1.29 is 0 Å². The molecule has 70 valence electrons. The summed E-state index contributed by atoms with van der Waals surface area (Å²) in [6, 6.07) is 9.07. The van der Waals surface area contributed by atoms with Gasteiger partial charge in [-0.25, -0.2) is 0 Å². The standard InChI is InChI=1S/C14H14/c1-2-4-11-9(3-1)8-14-12(11)6-5-10-7-13(10)14/h1-5,12-14H,6-8H2. The molecule has 0 bridgehead atoms. The largest absolute Gasteiger partial charge is 0.0844 e. The van der Waals surface area contributed by atoms with Crippen LogP contribution in [0.2, 0.25) is 0 Å². The fraction of sp³-hybridized carbons (Fsp3) is 0.429. The number of allylic oxidation sites excluding steroid dienone is 2. The van der Waals surface area contributed by atoms with E-state index in [0.717, 1.165) is 17.8 Å². The SMILES string of the molecule is C1=C2CC2C2Cc3ccccc3C2C1. The molecule has 0 saturated heterocycles. The lowest BCUT2D eigenvalue weighted by Crippen LogP contribution is -2.12. The highest BCUT2D eigenvalue weighted by Gasteiger charge is 2.47. The average molecular weight is 182 g/mol. The van der Waals surface area contributed by atoms with Gasteiger partial charge < -0.3 is 0 Å². The molecule has 0 spiro atoms. The van der Waals surface area contributed by atoms with Gasteiger partial charge in [0.2, 0.25) is 0 Å². The predicted molar refractivity (Wildman–Crippen MR) is 57.2 cm³/mol. The monoisotopic (exact) mass is 182 g/mol. The highest BCUT2D eigenvalue weighted by molar-refractivity contribution is 5.43. The molecule has 3 aliphatic rings. The molecular formula is C14H14. The first-order chi connectivity index (χ1) is 6.93. The zero-order valence-corrected chi connectivity index (χ0v) is 8.24. The van der Waals surface area contributed by atoms with Gasteiger partial charge in [0.1, 0.15) is 0 Å². The van der Waals surface area contributed by atoms with Gasteiger partial charge in [0, 0.05) is 0 Å². The van der Waals surface area contributed by atoms with E-state index in [1.807, 2.05) is 0 Å². The Hall–Kier alpha value is -1.04. The van der Waals surface area contributed by atoms with Gasteiger partial charge in [0.15, 0.2) is 0 Å². The van der Waals surface area contributed by atoms with E-state index in [0.29, 0.717) is 0 Å². The smallest absolute Gasteiger partial charge is 0.00872 e. The highest BCUT2D eigenvalue weighted by Crippen LogP contribution is 2.58. The molecule has 3 unspecified atom stereocenters. The Morgan fingerprint density at radius 3 is 2.93 bits per heavy atom. The van der Waals surface area contributed by atoms with E-state index in [9.17, 15) is 0 Å². The molecule has 3 aliphatic carbocycles. The molecule has 1 aromatic carbocycles. The van der Waals surface area contributed by atoms with Gasteiger partial charge in [0.25, 0.3) is 0 Å². The van der Waals surface area contributed by atoms with E-state index in [-0.39, 0.29) is 0 Å². The number of rotatable bonds is 0. The van der Waals surface area contributed by atoms with Crippen LogP contribution in [0.25, 0.3) is 0 Å². The number of benzene rings is 1. The van der Waals surface area contributed by atoms with Crippen LogP contribution in [-0.4, -0.2) is 0 Å². The van der Waals surface area contributed by atoms with Crippen LogP contribution in [0, 0.1) is 11.8 Å². The van der Waals surface area contributed by atoms with Crippen LogP contribution in [-0.2, 0) is 6.42 Å². The van der Waals surface area contributed by atoms with Crippen molar-refractivity contribution >= 4 is 0 Å². The molecule has 4 rings (SSSR count). The molecule has 0 heterocycles. The fourth-order valence-corrected chi connectivity index (χ4v) is 3.57. The van der Waals surface area contributed by atoms with Gasteiger partial charge in [-0.05, 0) is 48.1 Å². The normalized spacial score (nSPS) is 36.9. The predicted octanol–water partition coefficient (Wildman–Crippen LogP) is 3.29. The first-order valence-corrected chi connectivity index (χ1v) is 5.70. The van der Waals surface area contributed by atoms with E-state index in [2.05, 4.69) is 30.3 Å². The van der Waals surface area contributed by atoms with Crippen molar-refractivity contribution in [2.75, 3.05) is 0 Å². The zero-order valence-electron chi connectivity index (χ0n) is 8.24. The van der Waals surface area contributed by atoms with Gasteiger partial charge in [-0.2, -0.15) is 0 Å².